The molecule has 1 aromatic carbocycles. The van der Waals surface area contributed by atoms with Crippen LogP contribution in [0, 0.1) is 11.8 Å². The van der Waals surface area contributed by atoms with Gasteiger partial charge in [-0.15, -0.1) is 11.6 Å². The van der Waals surface area contributed by atoms with E-state index in [1.807, 2.05) is 37.3 Å². The summed E-state index contributed by atoms with van der Waals surface area (Å²) in [6.07, 6.45) is 0. The van der Waals surface area contributed by atoms with Gasteiger partial charge in [-0.1, -0.05) is 37.3 Å². The molecule has 0 radical (unpaired) electrons. The van der Waals surface area contributed by atoms with E-state index in [0.29, 0.717) is 13.1 Å². The zero-order valence-electron chi connectivity index (χ0n) is 11.6. The quantitative estimate of drug-likeness (QED) is 0.634. The molecule has 3 unspecified atom stereocenters. The number of alkyl halides is 1. The Hall–Kier alpha value is -1.55. The van der Waals surface area contributed by atoms with E-state index in [0.717, 1.165) is 5.56 Å². The number of ether oxygens (including phenoxy) is 1. The van der Waals surface area contributed by atoms with Crippen LogP contribution in [0.3, 0.4) is 0 Å². The van der Waals surface area contributed by atoms with Crippen LogP contribution in [0.1, 0.15) is 17.9 Å². The number of methoxy groups -OCH3 is 1. The molecule has 0 aliphatic carbocycles. The van der Waals surface area contributed by atoms with Crippen molar-refractivity contribution in [2.45, 2.75) is 12.3 Å². The molecule has 5 heteroatoms. The maximum Gasteiger partial charge on any atom is 0.310 e. The van der Waals surface area contributed by atoms with Gasteiger partial charge >= 0.3 is 5.97 Å². The highest BCUT2D eigenvalue weighted by atomic mass is 35.5. The number of hydrogen-bond acceptors (Lipinski definition) is 3. The third kappa shape index (κ3) is 2.96. The monoisotopic (exact) mass is 295 g/mol. The van der Waals surface area contributed by atoms with Gasteiger partial charge in [-0.05, 0) is 11.5 Å². The highest BCUT2D eigenvalue weighted by Gasteiger charge is 2.39. The topological polar surface area (TPSA) is 46.6 Å². The summed E-state index contributed by atoms with van der Waals surface area (Å²) in [7, 11) is 1.37. The molecule has 1 aromatic rings. The first-order chi connectivity index (χ1) is 9.54. The fourth-order valence-corrected chi connectivity index (χ4v) is 2.81. The normalized spacial score (nSPS) is 23.4. The van der Waals surface area contributed by atoms with Crippen LogP contribution in [-0.2, 0) is 14.3 Å². The van der Waals surface area contributed by atoms with Crippen LogP contribution in [0.2, 0.25) is 0 Å². The summed E-state index contributed by atoms with van der Waals surface area (Å²) >= 11 is 6.24. The minimum absolute atomic E-state index is 0.0889. The fraction of sp³-hybridized carbons (Fsp3) is 0.467. The van der Waals surface area contributed by atoms with Crippen LogP contribution in [0.15, 0.2) is 30.3 Å². The summed E-state index contributed by atoms with van der Waals surface area (Å²) in [5.74, 6) is -0.593. The molecule has 1 aliphatic heterocycles. The van der Waals surface area contributed by atoms with Gasteiger partial charge in [0, 0.05) is 13.1 Å². The summed E-state index contributed by atoms with van der Waals surface area (Å²) in [6.45, 7) is 2.86. The Kier molecular flexibility index (Phi) is 4.65. The molecule has 1 fully saturated rings. The second-order valence-electron chi connectivity index (χ2n) is 5.12. The van der Waals surface area contributed by atoms with Crippen molar-refractivity contribution in [2.24, 2.45) is 11.8 Å². The molecule has 108 valence electrons. The summed E-state index contributed by atoms with van der Waals surface area (Å²) in [5, 5.41) is -0.709. The molecule has 0 N–H and O–H groups in total. The van der Waals surface area contributed by atoms with E-state index in [1.165, 1.54) is 7.11 Å². The SMILES string of the molecule is COC(=O)C1CN(C(=O)C(Cl)c2ccccc2)CC1C. The van der Waals surface area contributed by atoms with E-state index >= 15 is 0 Å². The largest absolute Gasteiger partial charge is 0.469 e. The van der Waals surface area contributed by atoms with Gasteiger partial charge in [-0.3, -0.25) is 9.59 Å². The lowest BCUT2D eigenvalue weighted by molar-refractivity contribution is -0.146. The van der Waals surface area contributed by atoms with Crippen molar-refractivity contribution < 1.29 is 14.3 Å². The van der Waals surface area contributed by atoms with Gasteiger partial charge in [0.05, 0.1) is 13.0 Å². The van der Waals surface area contributed by atoms with E-state index in [9.17, 15) is 9.59 Å². The van der Waals surface area contributed by atoms with Crippen LogP contribution >= 0.6 is 11.6 Å². The highest BCUT2D eigenvalue weighted by Crippen LogP contribution is 2.29. The van der Waals surface area contributed by atoms with E-state index in [4.69, 9.17) is 16.3 Å². The third-order valence-corrected chi connectivity index (χ3v) is 4.18. The maximum atomic E-state index is 12.4. The van der Waals surface area contributed by atoms with Gasteiger partial charge in [0.2, 0.25) is 5.91 Å². The van der Waals surface area contributed by atoms with Crippen molar-refractivity contribution in [3.8, 4) is 0 Å². The van der Waals surface area contributed by atoms with Crippen molar-refractivity contribution in [2.75, 3.05) is 20.2 Å². The van der Waals surface area contributed by atoms with E-state index in [-0.39, 0.29) is 23.7 Å². The number of amides is 1. The Bertz CT molecular complexity index is 491. The number of esters is 1. The average Bonchev–Trinajstić information content (AvgIpc) is 2.87. The molecule has 20 heavy (non-hydrogen) atoms. The number of halogens is 1. The van der Waals surface area contributed by atoms with Crippen LogP contribution in [-0.4, -0.2) is 37.0 Å². The van der Waals surface area contributed by atoms with Crippen LogP contribution in [0.4, 0.5) is 0 Å². The molecule has 0 spiro atoms. The van der Waals surface area contributed by atoms with E-state index in [2.05, 4.69) is 0 Å². The predicted octanol–water partition coefficient (Wildman–Crippen LogP) is 2.23. The minimum atomic E-state index is -0.709. The lowest BCUT2D eigenvalue weighted by Crippen LogP contribution is -2.32. The molecule has 0 bridgehead atoms. The minimum Gasteiger partial charge on any atom is -0.469 e. The Labute approximate surface area is 123 Å². The molecule has 0 aromatic heterocycles. The summed E-state index contributed by atoms with van der Waals surface area (Å²) in [4.78, 5) is 25.7. The maximum absolute atomic E-state index is 12.4. The van der Waals surface area contributed by atoms with E-state index in [1.54, 1.807) is 4.90 Å². The molecule has 1 aliphatic rings. The van der Waals surface area contributed by atoms with Crippen molar-refractivity contribution in [3.63, 3.8) is 0 Å². The Morgan fingerprint density at radius 3 is 2.55 bits per heavy atom. The van der Waals surface area contributed by atoms with Gasteiger partial charge in [-0.2, -0.15) is 0 Å². The molecule has 2 rings (SSSR count). The second kappa shape index (κ2) is 6.27. The molecule has 1 saturated heterocycles. The second-order valence-corrected chi connectivity index (χ2v) is 5.56. The van der Waals surface area contributed by atoms with Gasteiger partial charge in [0.1, 0.15) is 5.38 Å². The van der Waals surface area contributed by atoms with Crippen molar-refractivity contribution in [1.29, 1.82) is 0 Å². The van der Waals surface area contributed by atoms with Crippen molar-refractivity contribution >= 4 is 23.5 Å². The fourth-order valence-electron chi connectivity index (χ4n) is 2.53. The molecular weight excluding hydrogens is 278 g/mol. The standard InChI is InChI=1S/C15H18ClNO3/c1-10-8-17(9-12(10)15(19)20-2)14(18)13(16)11-6-4-3-5-7-11/h3-7,10,12-13H,8-9H2,1-2H3. The van der Waals surface area contributed by atoms with Crippen molar-refractivity contribution in [1.82, 2.24) is 4.90 Å². The lowest BCUT2D eigenvalue weighted by Gasteiger charge is -2.19. The third-order valence-electron chi connectivity index (χ3n) is 3.74. The number of carbonyl (C=O) groups is 2. The number of rotatable bonds is 3. The summed E-state index contributed by atoms with van der Waals surface area (Å²) < 4.78 is 4.77. The van der Waals surface area contributed by atoms with Crippen LogP contribution in [0.5, 0.6) is 0 Å². The molecule has 1 heterocycles. The van der Waals surface area contributed by atoms with Crippen LogP contribution < -0.4 is 0 Å². The Morgan fingerprint density at radius 2 is 1.95 bits per heavy atom. The summed E-state index contributed by atoms with van der Waals surface area (Å²) in [6, 6.07) is 9.23. The predicted molar refractivity (Wildman–Crippen MR) is 76.3 cm³/mol. The lowest BCUT2D eigenvalue weighted by atomic mass is 9.99. The molecule has 1 amide bonds. The van der Waals surface area contributed by atoms with E-state index < -0.39 is 5.38 Å². The Morgan fingerprint density at radius 1 is 1.30 bits per heavy atom. The van der Waals surface area contributed by atoms with Gasteiger partial charge in [0.15, 0.2) is 0 Å². The van der Waals surface area contributed by atoms with Gasteiger partial charge in [0.25, 0.3) is 0 Å². The molecule has 0 saturated carbocycles. The number of nitrogens with zero attached hydrogens (tertiary/aromatic N) is 1. The number of hydrogen-bond donors (Lipinski definition) is 0. The van der Waals surface area contributed by atoms with Crippen LogP contribution in [0.25, 0.3) is 0 Å². The van der Waals surface area contributed by atoms with Gasteiger partial charge < -0.3 is 9.64 Å². The van der Waals surface area contributed by atoms with Crippen molar-refractivity contribution in [3.05, 3.63) is 35.9 Å². The zero-order valence-corrected chi connectivity index (χ0v) is 12.3. The Balaban J connectivity index is 2.06. The van der Waals surface area contributed by atoms with Gasteiger partial charge in [-0.25, -0.2) is 0 Å². The first-order valence-electron chi connectivity index (χ1n) is 6.60. The average molecular weight is 296 g/mol. The number of carbonyl (C=O) groups excluding carboxylic acids is 2. The number of likely N-dealkylation sites (tertiary alicyclic amines) is 1. The molecule has 4 nitrogen and oxygen atoms in total. The smallest absolute Gasteiger partial charge is 0.310 e. The summed E-state index contributed by atoms with van der Waals surface area (Å²) in [5.41, 5.74) is 0.772. The first kappa shape index (κ1) is 14.9. The first-order valence-corrected chi connectivity index (χ1v) is 7.04. The molecule has 3 atom stereocenters. The molecular formula is C15H18ClNO3. The zero-order chi connectivity index (χ0) is 14.7. The number of benzene rings is 1. The highest BCUT2D eigenvalue weighted by molar-refractivity contribution is 6.30.